The summed E-state index contributed by atoms with van der Waals surface area (Å²) < 4.78 is 5.51. The fraction of sp³-hybridized carbons (Fsp3) is 0.0833. The van der Waals surface area contributed by atoms with Gasteiger partial charge in [-0.05, 0) is 48.9 Å². The third-order valence-electron chi connectivity index (χ3n) is 4.31. The van der Waals surface area contributed by atoms with Gasteiger partial charge >= 0.3 is 0 Å². The van der Waals surface area contributed by atoms with E-state index in [0.29, 0.717) is 28.0 Å². The standard InChI is InChI=1S/C24H22N4O3/c1-17-13-20(15-25-27-23(29)18-9-5-3-6-10-18)22(31-2)21(14-17)16-26-28-24(30)19-11-7-4-8-12-19/h3-16H,1-2H3,(H,27,29)(H,28,30). The molecule has 0 fully saturated rings. The van der Waals surface area contributed by atoms with Crippen LogP contribution in [0.2, 0.25) is 0 Å². The van der Waals surface area contributed by atoms with Crippen LogP contribution in [0.4, 0.5) is 0 Å². The van der Waals surface area contributed by atoms with E-state index in [9.17, 15) is 9.59 Å². The molecule has 3 aromatic rings. The number of methoxy groups -OCH3 is 1. The SMILES string of the molecule is COc1c(C=NNC(=O)c2ccccc2)cc(C)cc1C=NNC(=O)c1ccccc1. The third-order valence-corrected chi connectivity index (χ3v) is 4.31. The van der Waals surface area contributed by atoms with E-state index in [2.05, 4.69) is 21.1 Å². The van der Waals surface area contributed by atoms with Crippen LogP contribution in [0.25, 0.3) is 0 Å². The number of hydrogen-bond donors (Lipinski definition) is 2. The van der Waals surface area contributed by atoms with Crippen LogP contribution < -0.4 is 15.6 Å². The van der Waals surface area contributed by atoms with Crippen molar-refractivity contribution in [3.63, 3.8) is 0 Å². The van der Waals surface area contributed by atoms with Crippen molar-refractivity contribution in [2.75, 3.05) is 7.11 Å². The van der Waals surface area contributed by atoms with Gasteiger partial charge in [-0.15, -0.1) is 0 Å². The fourth-order valence-electron chi connectivity index (χ4n) is 2.89. The number of rotatable bonds is 7. The van der Waals surface area contributed by atoms with E-state index in [-0.39, 0.29) is 11.8 Å². The van der Waals surface area contributed by atoms with Gasteiger partial charge in [-0.1, -0.05) is 36.4 Å². The van der Waals surface area contributed by atoms with Gasteiger partial charge in [0.05, 0.1) is 19.5 Å². The van der Waals surface area contributed by atoms with Crippen LogP contribution >= 0.6 is 0 Å². The van der Waals surface area contributed by atoms with E-state index in [4.69, 9.17) is 4.74 Å². The van der Waals surface area contributed by atoms with Crippen LogP contribution in [0.15, 0.2) is 83.0 Å². The number of hydrazone groups is 2. The summed E-state index contributed by atoms with van der Waals surface area (Å²) in [6, 6.07) is 21.4. The normalized spacial score (nSPS) is 10.9. The lowest BCUT2D eigenvalue weighted by Crippen LogP contribution is -2.18. The Balaban J connectivity index is 1.73. The number of carbonyl (C=O) groups is 2. The van der Waals surface area contributed by atoms with Gasteiger partial charge in [0.1, 0.15) is 5.75 Å². The Morgan fingerprint density at radius 2 is 1.19 bits per heavy atom. The molecule has 0 unspecified atom stereocenters. The zero-order valence-corrected chi connectivity index (χ0v) is 17.2. The highest BCUT2D eigenvalue weighted by molar-refractivity contribution is 5.97. The van der Waals surface area contributed by atoms with Gasteiger partial charge in [0.15, 0.2) is 0 Å². The molecule has 156 valence electrons. The first kappa shape index (κ1) is 21.4. The van der Waals surface area contributed by atoms with Gasteiger partial charge in [-0.25, -0.2) is 10.9 Å². The predicted molar refractivity (Wildman–Crippen MR) is 121 cm³/mol. The molecule has 0 atom stereocenters. The van der Waals surface area contributed by atoms with Gasteiger partial charge in [-0.2, -0.15) is 10.2 Å². The lowest BCUT2D eigenvalue weighted by Gasteiger charge is -2.10. The van der Waals surface area contributed by atoms with Crippen LogP contribution in [0.5, 0.6) is 5.75 Å². The molecule has 0 saturated heterocycles. The number of amides is 2. The van der Waals surface area contributed by atoms with Gasteiger partial charge in [-0.3, -0.25) is 9.59 Å². The Morgan fingerprint density at radius 1 is 0.774 bits per heavy atom. The maximum Gasteiger partial charge on any atom is 0.271 e. The van der Waals surface area contributed by atoms with Gasteiger partial charge < -0.3 is 4.74 Å². The molecule has 3 rings (SSSR count). The summed E-state index contributed by atoms with van der Waals surface area (Å²) in [6.07, 6.45) is 3.01. The third kappa shape index (κ3) is 5.86. The molecule has 0 aliphatic carbocycles. The summed E-state index contributed by atoms with van der Waals surface area (Å²) in [4.78, 5) is 24.3. The summed E-state index contributed by atoms with van der Waals surface area (Å²) in [5.74, 6) is -0.108. The van der Waals surface area contributed by atoms with E-state index in [1.54, 1.807) is 48.5 Å². The van der Waals surface area contributed by atoms with Crippen molar-refractivity contribution in [2.24, 2.45) is 10.2 Å². The minimum Gasteiger partial charge on any atom is -0.495 e. The highest BCUT2D eigenvalue weighted by Crippen LogP contribution is 2.23. The van der Waals surface area contributed by atoms with Gasteiger partial charge in [0, 0.05) is 22.3 Å². The average Bonchev–Trinajstić information content (AvgIpc) is 2.80. The first-order valence-electron chi connectivity index (χ1n) is 9.54. The number of nitrogens with zero attached hydrogens (tertiary/aromatic N) is 2. The Hall–Kier alpha value is -4.26. The van der Waals surface area contributed by atoms with E-state index >= 15 is 0 Å². The van der Waals surface area contributed by atoms with Crippen molar-refractivity contribution in [3.8, 4) is 5.75 Å². The smallest absolute Gasteiger partial charge is 0.271 e. The van der Waals surface area contributed by atoms with Crippen molar-refractivity contribution in [1.29, 1.82) is 0 Å². The molecular formula is C24H22N4O3. The molecule has 2 N–H and O–H groups in total. The highest BCUT2D eigenvalue weighted by Gasteiger charge is 2.09. The zero-order chi connectivity index (χ0) is 22.1. The molecule has 2 amide bonds. The quantitative estimate of drug-likeness (QED) is 0.458. The van der Waals surface area contributed by atoms with Crippen LogP contribution in [0.1, 0.15) is 37.4 Å². The number of benzene rings is 3. The first-order valence-corrected chi connectivity index (χ1v) is 9.54. The van der Waals surface area contributed by atoms with Crippen molar-refractivity contribution in [2.45, 2.75) is 6.92 Å². The molecule has 0 saturated carbocycles. The lowest BCUT2D eigenvalue weighted by atomic mass is 10.1. The Morgan fingerprint density at radius 3 is 1.58 bits per heavy atom. The molecule has 7 nitrogen and oxygen atoms in total. The monoisotopic (exact) mass is 414 g/mol. The number of carbonyl (C=O) groups excluding carboxylic acids is 2. The fourth-order valence-corrected chi connectivity index (χ4v) is 2.89. The van der Waals surface area contributed by atoms with Crippen molar-refractivity contribution in [1.82, 2.24) is 10.9 Å². The second-order valence-electron chi connectivity index (χ2n) is 6.61. The second kappa shape index (κ2) is 10.5. The summed E-state index contributed by atoms with van der Waals surface area (Å²) >= 11 is 0. The number of hydrogen-bond acceptors (Lipinski definition) is 5. The van der Waals surface area contributed by atoms with Crippen LogP contribution in [0.3, 0.4) is 0 Å². The highest BCUT2D eigenvalue weighted by atomic mass is 16.5. The van der Waals surface area contributed by atoms with Gasteiger partial charge in [0.2, 0.25) is 0 Å². The molecule has 0 aliphatic heterocycles. The predicted octanol–water partition coefficient (Wildman–Crippen LogP) is 3.53. The van der Waals surface area contributed by atoms with Crippen LogP contribution in [-0.2, 0) is 0 Å². The van der Waals surface area contributed by atoms with E-state index in [0.717, 1.165) is 5.56 Å². The molecule has 0 bridgehead atoms. The largest absolute Gasteiger partial charge is 0.495 e. The maximum atomic E-state index is 12.1. The van der Waals surface area contributed by atoms with Crippen molar-refractivity contribution >= 4 is 24.2 Å². The Bertz CT molecular complexity index is 1030. The molecule has 0 aromatic heterocycles. The van der Waals surface area contributed by atoms with E-state index < -0.39 is 0 Å². The minimum atomic E-state index is -0.311. The van der Waals surface area contributed by atoms with Gasteiger partial charge in [0.25, 0.3) is 11.8 Å². The zero-order valence-electron chi connectivity index (χ0n) is 17.2. The summed E-state index contributed by atoms with van der Waals surface area (Å²) in [5, 5.41) is 8.08. The Kier molecular flexibility index (Phi) is 7.26. The average molecular weight is 414 g/mol. The lowest BCUT2D eigenvalue weighted by molar-refractivity contribution is 0.0947. The molecule has 0 radical (unpaired) electrons. The maximum absolute atomic E-state index is 12.1. The summed E-state index contributed by atoms with van der Waals surface area (Å²) in [7, 11) is 1.53. The van der Waals surface area contributed by atoms with Crippen LogP contribution in [0, 0.1) is 6.92 Å². The Labute approximate surface area is 180 Å². The molecule has 0 aliphatic rings. The first-order chi connectivity index (χ1) is 15.1. The van der Waals surface area contributed by atoms with Crippen molar-refractivity contribution in [3.05, 3.63) is 101 Å². The second-order valence-corrected chi connectivity index (χ2v) is 6.61. The number of ether oxygens (including phenoxy) is 1. The molecular weight excluding hydrogens is 392 g/mol. The van der Waals surface area contributed by atoms with E-state index in [1.165, 1.54) is 19.5 Å². The molecule has 0 spiro atoms. The topological polar surface area (TPSA) is 92.2 Å². The molecule has 3 aromatic carbocycles. The van der Waals surface area contributed by atoms with Crippen LogP contribution in [-0.4, -0.2) is 31.4 Å². The number of nitrogens with one attached hydrogen (secondary N) is 2. The number of aryl methyl sites for hydroxylation is 1. The summed E-state index contributed by atoms with van der Waals surface area (Å²) in [6.45, 7) is 1.92. The van der Waals surface area contributed by atoms with E-state index in [1.807, 2.05) is 31.2 Å². The molecule has 7 heteroatoms. The molecule has 31 heavy (non-hydrogen) atoms. The van der Waals surface area contributed by atoms with Crippen molar-refractivity contribution < 1.29 is 14.3 Å². The summed E-state index contributed by atoms with van der Waals surface area (Å²) in [5.41, 5.74) is 8.28. The molecule has 0 heterocycles. The minimum absolute atomic E-state index is 0.311.